The minimum atomic E-state index is -0.494. The van der Waals surface area contributed by atoms with Crippen molar-refractivity contribution in [3.63, 3.8) is 0 Å². The van der Waals surface area contributed by atoms with Gasteiger partial charge in [0.05, 0.1) is 33.2 Å². The zero-order valence-corrected chi connectivity index (χ0v) is 29.4. The molecule has 0 aliphatic heterocycles. The monoisotopic (exact) mass is 687 g/mol. The molecule has 3 nitrogen and oxygen atoms in total. The Morgan fingerprint density at radius 1 is 0.389 bits per heavy atom. The number of para-hydroxylation sites is 5. The molecule has 54 heavy (non-hydrogen) atoms. The molecule has 3 aromatic heterocycles. The molecular formula is C51H33N3. The Kier molecular flexibility index (Phi) is 5.98. The Balaban J connectivity index is 1.20. The predicted octanol–water partition coefficient (Wildman–Crippen LogP) is 12.9. The summed E-state index contributed by atoms with van der Waals surface area (Å²) in [5.74, 6) is 0. The highest BCUT2D eigenvalue weighted by Crippen LogP contribution is 2.57. The standard InChI is InChI=1S/C51H33N3/c1-4-17-34(18-5-1)51(35-19-6-2-7-20-35)42-26-12-10-23-38(42)39-32-31-37(33-43(39)51)52(36-21-8-3-9-22-36)47-30-16-25-41-48-40-24-11-13-27-44(40)53-45-28-14-15-29-46(45)54(49(41)47)50(48)53/h1-33H. The molecule has 0 bridgehead atoms. The van der Waals surface area contributed by atoms with Crippen molar-refractivity contribution in [3.8, 4) is 11.1 Å². The molecule has 252 valence electrons. The summed E-state index contributed by atoms with van der Waals surface area (Å²) < 4.78 is 4.96. The van der Waals surface area contributed by atoms with Gasteiger partial charge >= 0.3 is 0 Å². The van der Waals surface area contributed by atoms with Crippen molar-refractivity contribution >= 4 is 60.9 Å². The van der Waals surface area contributed by atoms with Crippen molar-refractivity contribution in [2.45, 2.75) is 5.41 Å². The molecule has 0 atom stereocenters. The van der Waals surface area contributed by atoms with Crippen LogP contribution >= 0.6 is 0 Å². The van der Waals surface area contributed by atoms with Gasteiger partial charge in [0.1, 0.15) is 5.65 Å². The quantitative estimate of drug-likeness (QED) is 0.175. The first kappa shape index (κ1) is 29.5. The van der Waals surface area contributed by atoms with E-state index >= 15 is 0 Å². The normalized spacial score (nSPS) is 13.3. The van der Waals surface area contributed by atoms with E-state index in [4.69, 9.17) is 0 Å². The summed E-state index contributed by atoms with van der Waals surface area (Å²) in [6.07, 6.45) is 0. The largest absolute Gasteiger partial charge is 0.308 e. The third-order valence-corrected chi connectivity index (χ3v) is 11.9. The first-order valence-corrected chi connectivity index (χ1v) is 18.7. The molecule has 0 spiro atoms. The Morgan fingerprint density at radius 3 is 1.70 bits per heavy atom. The van der Waals surface area contributed by atoms with Gasteiger partial charge in [-0.05, 0) is 81.9 Å². The highest BCUT2D eigenvalue weighted by Gasteiger charge is 2.46. The molecule has 11 aromatic rings. The summed E-state index contributed by atoms with van der Waals surface area (Å²) in [5.41, 5.74) is 16.7. The van der Waals surface area contributed by atoms with Gasteiger partial charge in [0, 0.05) is 27.5 Å². The second kappa shape index (κ2) is 11.0. The fourth-order valence-electron chi connectivity index (χ4n) is 9.85. The zero-order chi connectivity index (χ0) is 35.4. The van der Waals surface area contributed by atoms with Crippen LogP contribution in [-0.2, 0) is 5.41 Å². The number of anilines is 3. The van der Waals surface area contributed by atoms with Crippen LogP contribution < -0.4 is 4.90 Å². The van der Waals surface area contributed by atoms with Crippen LogP contribution in [0.25, 0.3) is 55.0 Å². The molecule has 1 aliphatic rings. The molecular weight excluding hydrogens is 655 g/mol. The maximum absolute atomic E-state index is 2.51. The fourth-order valence-corrected chi connectivity index (χ4v) is 9.85. The summed E-state index contributed by atoms with van der Waals surface area (Å²) in [4.78, 5) is 2.47. The highest BCUT2D eigenvalue weighted by atomic mass is 15.2. The maximum atomic E-state index is 2.51. The van der Waals surface area contributed by atoms with Crippen molar-refractivity contribution in [1.29, 1.82) is 0 Å². The van der Waals surface area contributed by atoms with Crippen LogP contribution in [0.15, 0.2) is 200 Å². The van der Waals surface area contributed by atoms with Crippen LogP contribution in [0.4, 0.5) is 17.1 Å². The van der Waals surface area contributed by atoms with E-state index in [0.29, 0.717) is 0 Å². The minimum absolute atomic E-state index is 0.494. The van der Waals surface area contributed by atoms with Gasteiger partial charge in [-0.2, -0.15) is 0 Å². The molecule has 0 amide bonds. The van der Waals surface area contributed by atoms with E-state index < -0.39 is 5.41 Å². The van der Waals surface area contributed by atoms with Gasteiger partial charge in [0.2, 0.25) is 0 Å². The Labute approximate surface area is 312 Å². The average molecular weight is 688 g/mol. The van der Waals surface area contributed by atoms with E-state index in [1.807, 2.05) is 0 Å². The molecule has 0 fully saturated rings. The summed E-state index contributed by atoms with van der Waals surface area (Å²) in [6, 6.07) is 73.7. The number of imidazole rings is 1. The smallest absolute Gasteiger partial charge is 0.131 e. The molecule has 3 heteroatoms. The number of hydrogen-bond acceptors (Lipinski definition) is 1. The Morgan fingerprint density at radius 2 is 0.963 bits per heavy atom. The summed E-state index contributed by atoms with van der Waals surface area (Å²) in [5, 5.41) is 3.83. The Bertz CT molecular complexity index is 3160. The van der Waals surface area contributed by atoms with Crippen LogP contribution in [0.3, 0.4) is 0 Å². The van der Waals surface area contributed by atoms with E-state index in [1.165, 1.54) is 77.3 Å². The molecule has 0 radical (unpaired) electrons. The molecule has 0 N–H and O–H groups in total. The van der Waals surface area contributed by atoms with Gasteiger partial charge in [-0.25, -0.2) is 0 Å². The number of fused-ring (bicyclic) bond motifs is 12. The lowest BCUT2D eigenvalue weighted by atomic mass is 9.67. The van der Waals surface area contributed by atoms with Crippen LogP contribution in [0.5, 0.6) is 0 Å². The molecule has 12 rings (SSSR count). The van der Waals surface area contributed by atoms with Crippen molar-refractivity contribution < 1.29 is 0 Å². The van der Waals surface area contributed by atoms with E-state index in [-0.39, 0.29) is 0 Å². The first-order valence-electron chi connectivity index (χ1n) is 18.7. The summed E-state index contributed by atoms with van der Waals surface area (Å²) >= 11 is 0. The van der Waals surface area contributed by atoms with Crippen molar-refractivity contribution in [1.82, 2.24) is 8.80 Å². The van der Waals surface area contributed by atoms with Crippen molar-refractivity contribution in [3.05, 3.63) is 222 Å². The lowest BCUT2D eigenvalue weighted by Crippen LogP contribution is -2.28. The maximum Gasteiger partial charge on any atom is 0.131 e. The second-order valence-corrected chi connectivity index (χ2v) is 14.5. The van der Waals surface area contributed by atoms with Crippen LogP contribution in [-0.4, -0.2) is 8.80 Å². The van der Waals surface area contributed by atoms with Crippen LogP contribution in [0.2, 0.25) is 0 Å². The van der Waals surface area contributed by atoms with Crippen LogP contribution in [0.1, 0.15) is 22.3 Å². The number of rotatable bonds is 5. The van der Waals surface area contributed by atoms with E-state index in [1.54, 1.807) is 0 Å². The molecule has 8 aromatic carbocycles. The van der Waals surface area contributed by atoms with Gasteiger partial charge in [0.15, 0.2) is 0 Å². The van der Waals surface area contributed by atoms with Gasteiger partial charge < -0.3 is 4.90 Å². The van der Waals surface area contributed by atoms with Crippen molar-refractivity contribution in [2.24, 2.45) is 0 Å². The topological polar surface area (TPSA) is 12.1 Å². The van der Waals surface area contributed by atoms with Gasteiger partial charge in [-0.15, -0.1) is 0 Å². The molecule has 1 aliphatic carbocycles. The highest BCUT2D eigenvalue weighted by molar-refractivity contribution is 6.26. The molecule has 3 heterocycles. The third-order valence-electron chi connectivity index (χ3n) is 11.9. The van der Waals surface area contributed by atoms with E-state index in [2.05, 4.69) is 214 Å². The SMILES string of the molecule is c1ccc(N(c2ccc3c(c2)C(c2ccccc2)(c2ccccc2)c2ccccc2-3)c2cccc3c4c5ccccc5n5c6ccccc6n(c23)c45)cc1. The first-order chi connectivity index (χ1) is 26.8. The lowest BCUT2D eigenvalue weighted by Gasteiger charge is -2.35. The minimum Gasteiger partial charge on any atom is -0.308 e. The Hall–Kier alpha value is -7.10. The zero-order valence-electron chi connectivity index (χ0n) is 29.4. The van der Waals surface area contributed by atoms with Gasteiger partial charge in [0.25, 0.3) is 0 Å². The molecule has 0 saturated carbocycles. The van der Waals surface area contributed by atoms with Crippen molar-refractivity contribution in [2.75, 3.05) is 4.90 Å². The average Bonchev–Trinajstić information content (AvgIpc) is 3.96. The van der Waals surface area contributed by atoms with Gasteiger partial charge in [-0.3, -0.25) is 8.80 Å². The van der Waals surface area contributed by atoms with Gasteiger partial charge in [-0.1, -0.05) is 152 Å². The summed E-state index contributed by atoms with van der Waals surface area (Å²) in [7, 11) is 0. The molecule has 0 unspecified atom stereocenters. The molecule has 0 saturated heterocycles. The summed E-state index contributed by atoms with van der Waals surface area (Å²) in [6.45, 7) is 0. The number of nitrogens with zero attached hydrogens (tertiary/aromatic N) is 3. The number of hydrogen-bond donors (Lipinski definition) is 0. The predicted molar refractivity (Wildman–Crippen MR) is 224 cm³/mol. The lowest BCUT2D eigenvalue weighted by molar-refractivity contribution is 0.768. The fraction of sp³-hybridized carbons (Fsp3) is 0.0196. The second-order valence-electron chi connectivity index (χ2n) is 14.5. The van der Waals surface area contributed by atoms with E-state index in [9.17, 15) is 0 Å². The number of aromatic nitrogens is 2. The third kappa shape index (κ3) is 3.70. The number of benzene rings is 8. The van der Waals surface area contributed by atoms with Crippen LogP contribution in [0, 0.1) is 0 Å². The van der Waals surface area contributed by atoms with E-state index in [0.717, 1.165) is 17.1 Å².